The van der Waals surface area contributed by atoms with Gasteiger partial charge < -0.3 is 9.63 Å². The highest BCUT2D eigenvalue weighted by atomic mass is 16.5. The highest BCUT2D eigenvalue weighted by Crippen LogP contribution is 2.26. The Morgan fingerprint density at radius 3 is 2.82 bits per heavy atom. The van der Waals surface area contributed by atoms with Gasteiger partial charge in [-0.1, -0.05) is 5.16 Å². The van der Waals surface area contributed by atoms with E-state index in [1.807, 2.05) is 13.8 Å². The van der Waals surface area contributed by atoms with Gasteiger partial charge in [0.25, 0.3) is 0 Å². The zero-order valence-corrected chi connectivity index (χ0v) is 9.84. The molecule has 0 bridgehead atoms. The van der Waals surface area contributed by atoms with Crippen molar-refractivity contribution >= 4 is 5.97 Å². The molecule has 0 radical (unpaired) electrons. The van der Waals surface area contributed by atoms with Crippen LogP contribution in [0.15, 0.2) is 16.8 Å². The van der Waals surface area contributed by atoms with Crippen molar-refractivity contribution in [3.8, 4) is 11.4 Å². The Morgan fingerprint density at radius 1 is 1.53 bits per heavy atom. The number of hydrogen-bond acceptors (Lipinski definition) is 4. The molecular formula is C11H13N3O3. The lowest BCUT2D eigenvalue weighted by atomic mass is 10.1. The van der Waals surface area contributed by atoms with Crippen molar-refractivity contribution in [3.63, 3.8) is 0 Å². The van der Waals surface area contributed by atoms with Crippen LogP contribution in [0.2, 0.25) is 0 Å². The maximum atomic E-state index is 11.2. The summed E-state index contributed by atoms with van der Waals surface area (Å²) in [5.41, 5.74) is 1.06. The molecule has 6 nitrogen and oxygen atoms in total. The monoisotopic (exact) mass is 235 g/mol. The number of nitrogens with zero attached hydrogens (tertiary/aromatic N) is 3. The third-order valence-electron chi connectivity index (χ3n) is 2.48. The van der Waals surface area contributed by atoms with E-state index in [-0.39, 0.29) is 11.6 Å². The molecule has 0 aliphatic rings. The van der Waals surface area contributed by atoms with Gasteiger partial charge in [0.2, 0.25) is 0 Å². The van der Waals surface area contributed by atoms with Crippen LogP contribution in [0.25, 0.3) is 11.4 Å². The van der Waals surface area contributed by atoms with E-state index in [9.17, 15) is 4.79 Å². The Balaban J connectivity index is 2.61. The van der Waals surface area contributed by atoms with Gasteiger partial charge in [0.05, 0.1) is 5.69 Å². The Bertz CT molecular complexity index is 554. The first-order chi connectivity index (χ1) is 8.02. The zero-order chi connectivity index (χ0) is 12.6. The van der Waals surface area contributed by atoms with Crippen LogP contribution in [-0.4, -0.2) is 26.0 Å². The summed E-state index contributed by atoms with van der Waals surface area (Å²) in [4.78, 5) is 11.2. The Kier molecular flexibility index (Phi) is 2.71. The average Bonchev–Trinajstić information content (AvgIpc) is 2.82. The number of carbonyl (C=O) groups is 1. The van der Waals surface area contributed by atoms with Gasteiger partial charge in [0.1, 0.15) is 17.0 Å². The van der Waals surface area contributed by atoms with Crippen LogP contribution >= 0.6 is 0 Å². The van der Waals surface area contributed by atoms with E-state index in [1.165, 1.54) is 0 Å². The lowest BCUT2D eigenvalue weighted by molar-refractivity contribution is 0.0695. The minimum atomic E-state index is -1.05. The average molecular weight is 235 g/mol. The van der Waals surface area contributed by atoms with Crippen molar-refractivity contribution in [1.82, 2.24) is 14.9 Å². The summed E-state index contributed by atoms with van der Waals surface area (Å²) in [6.07, 6.45) is 1.62. The molecule has 0 aromatic carbocycles. The Morgan fingerprint density at radius 2 is 2.24 bits per heavy atom. The molecule has 0 saturated heterocycles. The molecule has 0 aliphatic carbocycles. The molecule has 0 unspecified atom stereocenters. The van der Waals surface area contributed by atoms with Crippen LogP contribution in [-0.2, 0) is 0 Å². The number of rotatable bonds is 3. The fourth-order valence-electron chi connectivity index (χ4n) is 1.71. The summed E-state index contributed by atoms with van der Waals surface area (Å²) in [6.45, 7) is 5.50. The molecule has 0 saturated carbocycles. The van der Waals surface area contributed by atoms with Crippen LogP contribution in [0.4, 0.5) is 0 Å². The lowest BCUT2D eigenvalue weighted by Gasteiger charge is -2.09. The minimum Gasteiger partial charge on any atom is -0.477 e. The minimum absolute atomic E-state index is 0.0902. The predicted molar refractivity (Wildman–Crippen MR) is 59.8 cm³/mol. The number of hydrogen-bond donors (Lipinski definition) is 1. The number of aryl methyl sites for hydroxylation is 1. The highest BCUT2D eigenvalue weighted by molar-refractivity contribution is 5.95. The highest BCUT2D eigenvalue weighted by Gasteiger charge is 2.23. The molecule has 2 aromatic rings. The van der Waals surface area contributed by atoms with Crippen molar-refractivity contribution in [2.75, 3.05) is 0 Å². The van der Waals surface area contributed by atoms with Gasteiger partial charge in [-0.05, 0) is 26.8 Å². The summed E-state index contributed by atoms with van der Waals surface area (Å²) in [5.74, 6) is -0.751. The quantitative estimate of drug-likeness (QED) is 0.881. The SMILES string of the molecule is Cc1onc(-c2ccnn2C(C)C)c1C(=O)O. The fourth-order valence-corrected chi connectivity index (χ4v) is 1.71. The molecule has 2 rings (SSSR count). The van der Waals surface area contributed by atoms with E-state index < -0.39 is 5.97 Å². The Labute approximate surface area is 97.8 Å². The number of aromatic nitrogens is 3. The Hall–Kier alpha value is -2.11. The first-order valence-electron chi connectivity index (χ1n) is 5.25. The second-order valence-electron chi connectivity index (χ2n) is 4.02. The summed E-state index contributed by atoms with van der Waals surface area (Å²) >= 11 is 0. The number of carboxylic acids is 1. The molecule has 0 amide bonds. The van der Waals surface area contributed by atoms with Crippen LogP contribution < -0.4 is 0 Å². The molecule has 0 atom stereocenters. The normalized spacial score (nSPS) is 11.1. The van der Waals surface area contributed by atoms with E-state index in [0.29, 0.717) is 17.1 Å². The summed E-state index contributed by atoms with van der Waals surface area (Å²) in [7, 11) is 0. The van der Waals surface area contributed by atoms with Gasteiger partial charge in [-0.3, -0.25) is 4.68 Å². The van der Waals surface area contributed by atoms with Crippen molar-refractivity contribution in [2.24, 2.45) is 0 Å². The second-order valence-corrected chi connectivity index (χ2v) is 4.02. The summed E-state index contributed by atoms with van der Waals surface area (Å²) in [6, 6.07) is 1.85. The van der Waals surface area contributed by atoms with E-state index in [4.69, 9.17) is 9.63 Å². The standard InChI is InChI=1S/C11H13N3O3/c1-6(2)14-8(4-5-12-14)10-9(11(15)16)7(3)17-13-10/h4-6H,1-3H3,(H,15,16). The zero-order valence-electron chi connectivity index (χ0n) is 9.84. The van der Waals surface area contributed by atoms with E-state index >= 15 is 0 Å². The number of aromatic carboxylic acids is 1. The maximum absolute atomic E-state index is 11.2. The van der Waals surface area contributed by atoms with Crippen molar-refractivity contribution in [3.05, 3.63) is 23.6 Å². The second kappa shape index (κ2) is 4.04. The maximum Gasteiger partial charge on any atom is 0.341 e. The van der Waals surface area contributed by atoms with Crippen molar-refractivity contribution in [1.29, 1.82) is 0 Å². The van der Waals surface area contributed by atoms with Crippen molar-refractivity contribution < 1.29 is 14.4 Å². The molecule has 0 spiro atoms. The molecule has 2 heterocycles. The van der Waals surface area contributed by atoms with Gasteiger partial charge in [-0.15, -0.1) is 0 Å². The van der Waals surface area contributed by atoms with Crippen molar-refractivity contribution in [2.45, 2.75) is 26.8 Å². The van der Waals surface area contributed by atoms with Gasteiger partial charge in [0, 0.05) is 12.2 Å². The van der Waals surface area contributed by atoms with E-state index in [0.717, 1.165) is 0 Å². The topological polar surface area (TPSA) is 81.2 Å². The van der Waals surface area contributed by atoms with Crippen LogP contribution in [0, 0.1) is 6.92 Å². The van der Waals surface area contributed by atoms with Gasteiger partial charge in [-0.2, -0.15) is 5.10 Å². The van der Waals surface area contributed by atoms with Gasteiger partial charge in [-0.25, -0.2) is 4.79 Å². The molecule has 1 N–H and O–H groups in total. The summed E-state index contributed by atoms with van der Waals surface area (Å²) < 4.78 is 6.66. The lowest BCUT2D eigenvalue weighted by Crippen LogP contribution is -2.07. The number of carboxylic acid groups (broad SMARTS) is 1. The molecule has 90 valence electrons. The van der Waals surface area contributed by atoms with Crippen LogP contribution in [0.1, 0.15) is 36.0 Å². The van der Waals surface area contributed by atoms with Crippen LogP contribution in [0.3, 0.4) is 0 Å². The third kappa shape index (κ3) is 1.82. The third-order valence-corrected chi connectivity index (χ3v) is 2.48. The largest absolute Gasteiger partial charge is 0.477 e. The fraction of sp³-hybridized carbons (Fsp3) is 0.364. The van der Waals surface area contributed by atoms with E-state index in [2.05, 4.69) is 10.3 Å². The molecule has 2 aromatic heterocycles. The molecular weight excluding hydrogens is 222 g/mol. The summed E-state index contributed by atoms with van der Waals surface area (Å²) in [5, 5.41) is 17.1. The first kappa shape index (κ1) is 11.4. The molecule has 6 heteroatoms. The van der Waals surface area contributed by atoms with Gasteiger partial charge in [0.15, 0.2) is 0 Å². The predicted octanol–water partition coefficient (Wildman–Crippen LogP) is 2.13. The van der Waals surface area contributed by atoms with Crippen LogP contribution in [0.5, 0.6) is 0 Å². The molecule has 17 heavy (non-hydrogen) atoms. The smallest absolute Gasteiger partial charge is 0.341 e. The molecule has 0 aliphatic heterocycles. The molecule has 0 fully saturated rings. The first-order valence-corrected chi connectivity index (χ1v) is 5.25. The van der Waals surface area contributed by atoms with Gasteiger partial charge >= 0.3 is 5.97 Å². The van der Waals surface area contributed by atoms with E-state index in [1.54, 1.807) is 23.9 Å².